The second kappa shape index (κ2) is 5.48. The van der Waals surface area contributed by atoms with Crippen LogP contribution in [0.5, 0.6) is 0 Å². The summed E-state index contributed by atoms with van der Waals surface area (Å²) in [7, 11) is 0. The fourth-order valence-corrected chi connectivity index (χ4v) is 2.31. The average molecular weight is 247 g/mol. The van der Waals surface area contributed by atoms with Crippen LogP contribution >= 0.6 is 0 Å². The largest absolute Gasteiger partial charge is 0.346 e. The van der Waals surface area contributed by atoms with Crippen LogP contribution in [0.3, 0.4) is 0 Å². The van der Waals surface area contributed by atoms with Crippen molar-refractivity contribution < 1.29 is 4.79 Å². The molecule has 0 radical (unpaired) electrons. The van der Waals surface area contributed by atoms with Gasteiger partial charge in [0.15, 0.2) is 0 Å². The van der Waals surface area contributed by atoms with Crippen molar-refractivity contribution in [2.75, 3.05) is 6.54 Å². The molecule has 0 aliphatic carbocycles. The van der Waals surface area contributed by atoms with Crippen LogP contribution < -0.4 is 10.6 Å². The molecule has 4 nitrogen and oxygen atoms in total. The highest BCUT2D eigenvalue weighted by atomic mass is 16.2. The third kappa shape index (κ3) is 2.88. The van der Waals surface area contributed by atoms with Gasteiger partial charge in [-0.25, -0.2) is 0 Å². The highest BCUT2D eigenvalue weighted by Crippen LogP contribution is 2.20. The molecular formula is C14H21N3O. The van der Waals surface area contributed by atoms with Gasteiger partial charge in [0.2, 0.25) is 5.91 Å². The Morgan fingerprint density at radius 2 is 2.33 bits per heavy atom. The molecule has 2 N–H and O–H groups in total. The van der Waals surface area contributed by atoms with Crippen LogP contribution in [0.1, 0.15) is 44.8 Å². The van der Waals surface area contributed by atoms with Crippen molar-refractivity contribution in [2.45, 2.75) is 44.7 Å². The Bertz CT molecular complexity index is 399. The maximum absolute atomic E-state index is 12.3. The van der Waals surface area contributed by atoms with E-state index in [0.717, 1.165) is 31.5 Å². The molecule has 1 amide bonds. The van der Waals surface area contributed by atoms with Gasteiger partial charge < -0.3 is 10.6 Å². The van der Waals surface area contributed by atoms with Crippen molar-refractivity contribution >= 4 is 5.91 Å². The summed E-state index contributed by atoms with van der Waals surface area (Å²) in [6.45, 7) is 4.86. The Morgan fingerprint density at radius 3 is 2.94 bits per heavy atom. The number of amides is 1. The van der Waals surface area contributed by atoms with Gasteiger partial charge in [-0.2, -0.15) is 0 Å². The predicted molar refractivity (Wildman–Crippen MR) is 71.1 cm³/mol. The van der Waals surface area contributed by atoms with Gasteiger partial charge in [-0.05, 0) is 51.8 Å². The van der Waals surface area contributed by atoms with E-state index >= 15 is 0 Å². The van der Waals surface area contributed by atoms with Gasteiger partial charge in [0, 0.05) is 6.20 Å². The SMILES string of the molecule is CC(NC(=O)C1(C)CCCCN1)c1ccccn1. The molecule has 1 aromatic heterocycles. The number of piperidine rings is 1. The van der Waals surface area contributed by atoms with Crippen LogP contribution in [0.15, 0.2) is 24.4 Å². The topological polar surface area (TPSA) is 54.0 Å². The van der Waals surface area contributed by atoms with Gasteiger partial charge in [-0.3, -0.25) is 9.78 Å². The first kappa shape index (κ1) is 13.0. The first-order valence-corrected chi connectivity index (χ1v) is 6.59. The molecular weight excluding hydrogens is 226 g/mol. The molecule has 1 aliphatic rings. The van der Waals surface area contributed by atoms with E-state index in [-0.39, 0.29) is 11.9 Å². The summed E-state index contributed by atoms with van der Waals surface area (Å²) in [4.78, 5) is 16.6. The lowest BCUT2D eigenvalue weighted by molar-refractivity contribution is -0.128. The van der Waals surface area contributed by atoms with Crippen molar-refractivity contribution in [3.63, 3.8) is 0 Å². The zero-order chi connectivity index (χ0) is 13.0. The smallest absolute Gasteiger partial charge is 0.240 e. The summed E-state index contributed by atoms with van der Waals surface area (Å²) in [6.07, 6.45) is 4.90. The summed E-state index contributed by atoms with van der Waals surface area (Å²) in [6, 6.07) is 5.69. The van der Waals surface area contributed by atoms with E-state index < -0.39 is 5.54 Å². The zero-order valence-electron chi connectivity index (χ0n) is 11.1. The number of nitrogens with zero attached hydrogens (tertiary/aromatic N) is 1. The van der Waals surface area contributed by atoms with Gasteiger partial charge in [-0.15, -0.1) is 0 Å². The van der Waals surface area contributed by atoms with E-state index in [2.05, 4.69) is 15.6 Å². The van der Waals surface area contributed by atoms with E-state index in [1.54, 1.807) is 6.20 Å². The number of carbonyl (C=O) groups is 1. The fraction of sp³-hybridized carbons (Fsp3) is 0.571. The quantitative estimate of drug-likeness (QED) is 0.856. The summed E-state index contributed by atoms with van der Waals surface area (Å²) in [5.74, 6) is 0.0698. The van der Waals surface area contributed by atoms with Crippen molar-refractivity contribution in [1.29, 1.82) is 0 Å². The Morgan fingerprint density at radius 1 is 1.50 bits per heavy atom. The maximum Gasteiger partial charge on any atom is 0.240 e. The van der Waals surface area contributed by atoms with Gasteiger partial charge in [0.05, 0.1) is 17.3 Å². The third-order valence-electron chi connectivity index (χ3n) is 3.60. The molecule has 1 aromatic rings. The number of pyridine rings is 1. The standard InChI is InChI=1S/C14H21N3O/c1-11(12-7-3-5-9-15-12)17-13(18)14(2)8-4-6-10-16-14/h3,5,7,9,11,16H,4,6,8,10H2,1-2H3,(H,17,18). The van der Waals surface area contributed by atoms with Gasteiger partial charge in [-0.1, -0.05) is 6.07 Å². The Balaban J connectivity index is 1.98. The third-order valence-corrected chi connectivity index (χ3v) is 3.60. The molecule has 0 bridgehead atoms. The van der Waals surface area contributed by atoms with Crippen molar-refractivity contribution in [1.82, 2.24) is 15.6 Å². The Kier molecular flexibility index (Phi) is 3.97. The van der Waals surface area contributed by atoms with Crippen LogP contribution in [-0.4, -0.2) is 23.0 Å². The van der Waals surface area contributed by atoms with E-state index in [1.165, 1.54) is 0 Å². The number of nitrogens with one attached hydrogen (secondary N) is 2. The van der Waals surface area contributed by atoms with Crippen LogP contribution in [0.2, 0.25) is 0 Å². The molecule has 1 saturated heterocycles. The van der Waals surface area contributed by atoms with E-state index in [4.69, 9.17) is 0 Å². The lowest BCUT2D eigenvalue weighted by Crippen LogP contribution is -2.57. The second-order valence-corrected chi connectivity index (χ2v) is 5.17. The summed E-state index contributed by atoms with van der Waals surface area (Å²) >= 11 is 0. The predicted octanol–water partition coefficient (Wildman–Crippen LogP) is 1.79. The fourth-order valence-electron chi connectivity index (χ4n) is 2.31. The summed E-state index contributed by atoms with van der Waals surface area (Å²) in [5, 5.41) is 6.36. The molecule has 2 atom stereocenters. The normalized spacial score (nSPS) is 25.4. The molecule has 0 spiro atoms. The van der Waals surface area contributed by atoms with Crippen LogP contribution in [0, 0.1) is 0 Å². The minimum Gasteiger partial charge on any atom is -0.346 e. The average Bonchev–Trinajstić information content (AvgIpc) is 2.40. The summed E-state index contributed by atoms with van der Waals surface area (Å²) in [5.41, 5.74) is 0.464. The first-order chi connectivity index (χ1) is 8.62. The monoisotopic (exact) mass is 247 g/mol. The Labute approximate surface area is 108 Å². The van der Waals surface area contributed by atoms with E-state index in [0.29, 0.717) is 0 Å². The molecule has 2 rings (SSSR count). The number of carbonyl (C=O) groups excluding carboxylic acids is 1. The Hall–Kier alpha value is -1.42. The number of hydrogen-bond donors (Lipinski definition) is 2. The highest BCUT2D eigenvalue weighted by molar-refractivity contribution is 5.86. The number of aromatic nitrogens is 1. The molecule has 2 unspecified atom stereocenters. The van der Waals surface area contributed by atoms with Gasteiger partial charge in [0.25, 0.3) is 0 Å². The highest BCUT2D eigenvalue weighted by Gasteiger charge is 2.34. The molecule has 0 saturated carbocycles. The van der Waals surface area contributed by atoms with Crippen molar-refractivity contribution in [3.05, 3.63) is 30.1 Å². The van der Waals surface area contributed by atoms with Gasteiger partial charge >= 0.3 is 0 Å². The molecule has 1 fully saturated rings. The summed E-state index contributed by atoms with van der Waals surface area (Å²) < 4.78 is 0. The molecule has 0 aromatic carbocycles. The van der Waals surface area contributed by atoms with Crippen molar-refractivity contribution in [2.24, 2.45) is 0 Å². The first-order valence-electron chi connectivity index (χ1n) is 6.59. The van der Waals surface area contributed by atoms with E-state index in [9.17, 15) is 4.79 Å². The molecule has 98 valence electrons. The lowest BCUT2D eigenvalue weighted by Gasteiger charge is -2.34. The minimum absolute atomic E-state index is 0.0562. The maximum atomic E-state index is 12.3. The number of hydrogen-bond acceptors (Lipinski definition) is 3. The lowest BCUT2D eigenvalue weighted by atomic mass is 9.90. The zero-order valence-corrected chi connectivity index (χ0v) is 11.1. The van der Waals surface area contributed by atoms with Crippen LogP contribution in [0.4, 0.5) is 0 Å². The second-order valence-electron chi connectivity index (χ2n) is 5.17. The van der Waals surface area contributed by atoms with E-state index in [1.807, 2.05) is 32.0 Å². The molecule has 18 heavy (non-hydrogen) atoms. The molecule has 2 heterocycles. The molecule has 1 aliphatic heterocycles. The van der Waals surface area contributed by atoms with Gasteiger partial charge in [0.1, 0.15) is 0 Å². The van der Waals surface area contributed by atoms with Crippen LogP contribution in [0.25, 0.3) is 0 Å². The number of rotatable bonds is 3. The molecule has 4 heteroatoms. The minimum atomic E-state index is -0.429. The van der Waals surface area contributed by atoms with Crippen LogP contribution in [-0.2, 0) is 4.79 Å². The van der Waals surface area contributed by atoms with Crippen molar-refractivity contribution in [3.8, 4) is 0 Å².